The minimum absolute atomic E-state index is 0.0670. The van der Waals surface area contributed by atoms with E-state index in [1.54, 1.807) is 6.07 Å². The van der Waals surface area contributed by atoms with Crippen LogP contribution in [0.1, 0.15) is 6.42 Å². The van der Waals surface area contributed by atoms with Crippen LogP contribution in [-0.2, 0) is 10.0 Å². The maximum atomic E-state index is 10.7. The quantitative estimate of drug-likeness (QED) is 0.175. The Hall–Kier alpha value is -1.10. The molecule has 0 fully saturated rings. The minimum Gasteiger partial charge on any atom is -0.370 e. The summed E-state index contributed by atoms with van der Waals surface area (Å²) in [6.45, 7) is 0.450. The van der Waals surface area contributed by atoms with Gasteiger partial charge in [0.1, 0.15) is 11.6 Å². The Kier molecular flexibility index (Phi) is 5.59. The maximum absolute atomic E-state index is 10.7. The molecule has 8 nitrogen and oxygen atoms in total. The van der Waals surface area contributed by atoms with E-state index >= 15 is 0 Å². The molecule has 0 radical (unpaired) electrons. The standard InChI is InChI=1S/C8H16N6O2S2/c1-17-8-12-6(5-7(13-8)14-9)11-3-2-4-18(10,15)16/h5H,2-4,9H2,1H3,(H2,10,15,16)(H2,11,12,13,14). The van der Waals surface area contributed by atoms with Gasteiger partial charge in [-0.1, -0.05) is 11.8 Å². The smallest absolute Gasteiger partial charge is 0.209 e. The Morgan fingerprint density at radius 3 is 2.61 bits per heavy atom. The molecule has 0 aromatic carbocycles. The van der Waals surface area contributed by atoms with E-state index in [0.717, 1.165) is 0 Å². The van der Waals surface area contributed by atoms with Crippen LogP contribution >= 0.6 is 11.8 Å². The van der Waals surface area contributed by atoms with Gasteiger partial charge >= 0.3 is 0 Å². The molecule has 0 aliphatic rings. The van der Waals surface area contributed by atoms with Gasteiger partial charge in [-0.3, -0.25) is 0 Å². The highest BCUT2D eigenvalue weighted by Gasteiger charge is 2.04. The number of rotatable bonds is 7. The fourth-order valence-electron chi connectivity index (χ4n) is 1.17. The summed E-state index contributed by atoms with van der Waals surface area (Å²) in [5, 5.41) is 8.45. The molecule has 0 saturated heterocycles. The molecular weight excluding hydrogens is 276 g/mol. The lowest BCUT2D eigenvalue weighted by atomic mass is 10.4. The van der Waals surface area contributed by atoms with Crippen molar-refractivity contribution >= 4 is 33.4 Å². The lowest BCUT2D eigenvalue weighted by Crippen LogP contribution is -2.19. The first-order chi connectivity index (χ1) is 8.44. The highest BCUT2D eigenvalue weighted by atomic mass is 32.2. The van der Waals surface area contributed by atoms with Crippen LogP contribution in [0, 0.1) is 0 Å². The molecule has 0 spiro atoms. The van der Waals surface area contributed by atoms with Gasteiger partial charge in [0.15, 0.2) is 5.16 Å². The van der Waals surface area contributed by atoms with Gasteiger partial charge < -0.3 is 10.7 Å². The van der Waals surface area contributed by atoms with Crippen molar-refractivity contribution in [3.05, 3.63) is 6.07 Å². The molecule has 1 aromatic heterocycles. The molecule has 18 heavy (non-hydrogen) atoms. The van der Waals surface area contributed by atoms with Gasteiger partial charge in [-0.15, -0.1) is 0 Å². The van der Waals surface area contributed by atoms with Crippen LogP contribution in [0.15, 0.2) is 11.2 Å². The van der Waals surface area contributed by atoms with Crippen LogP contribution in [0.4, 0.5) is 11.6 Å². The molecule has 1 rings (SSSR count). The van der Waals surface area contributed by atoms with Gasteiger partial charge in [0.2, 0.25) is 10.0 Å². The number of thioether (sulfide) groups is 1. The number of nitrogens with zero attached hydrogens (tertiary/aromatic N) is 2. The van der Waals surface area contributed by atoms with Gasteiger partial charge in [-0.25, -0.2) is 29.4 Å². The van der Waals surface area contributed by atoms with Crippen molar-refractivity contribution in [1.82, 2.24) is 9.97 Å². The van der Waals surface area contributed by atoms with Crippen molar-refractivity contribution in [2.75, 3.05) is 29.3 Å². The third-order valence-electron chi connectivity index (χ3n) is 1.95. The second-order valence-corrected chi connectivity index (χ2v) is 5.92. The van der Waals surface area contributed by atoms with E-state index in [9.17, 15) is 8.42 Å². The number of hydrogen-bond donors (Lipinski definition) is 4. The first-order valence-electron chi connectivity index (χ1n) is 5.08. The molecule has 0 atom stereocenters. The fourth-order valence-corrected chi connectivity index (χ4v) is 2.10. The van der Waals surface area contributed by atoms with Gasteiger partial charge in [0, 0.05) is 12.6 Å². The molecule has 0 aliphatic carbocycles. The van der Waals surface area contributed by atoms with Crippen molar-refractivity contribution < 1.29 is 8.42 Å². The van der Waals surface area contributed by atoms with Crippen LogP contribution in [0.25, 0.3) is 0 Å². The molecule has 6 N–H and O–H groups in total. The van der Waals surface area contributed by atoms with Crippen LogP contribution in [0.3, 0.4) is 0 Å². The predicted octanol–water partition coefficient (Wildman–Crippen LogP) is -0.425. The first-order valence-corrected chi connectivity index (χ1v) is 8.02. The van der Waals surface area contributed by atoms with Crippen LogP contribution < -0.4 is 21.7 Å². The zero-order chi connectivity index (χ0) is 13.6. The van der Waals surface area contributed by atoms with Crippen molar-refractivity contribution in [1.29, 1.82) is 0 Å². The molecule has 0 amide bonds. The average Bonchev–Trinajstić information content (AvgIpc) is 2.33. The summed E-state index contributed by atoms with van der Waals surface area (Å²) in [7, 11) is -3.41. The van der Waals surface area contributed by atoms with E-state index in [4.69, 9.17) is 11.0 Å². The van der Waals surface area contributed by atoms with Crippen molar-refractivity contribution in [3.8, 4) is 0 Å². The Morgan fingerprint density at radius 1 is 1.39 bits per heavy atom. The van der Waals surface area contributed by atoms with Crippen molar-refractivity contribution in [3.63, 3.8) is 0 Å². The maximum Gasteiger partial charge on any atom is 0.209 e. The molecule has 1 aromatic rings. The summed E-state index contributed by atoms with van der Waals surface area (Å²) in [5.74, 6) is 6.28. The highest BCUT2D eigenvalue weighted by molar-refractivity contribution is 7.98. The number of nitrogens with two attached hydrogens (primary N) is 2. The number of hydrazine groups is 1. The minimum atomic E-state index is -3.41. The van der Waals surface area contributed by atoms with Gasteiger partial charge in [0.25, 0.3) is 0 Å². The second-order valence-electron chi connectivity index (χ2n) is 3.42. The first kappa shape index (κ1) is 15.0. The summed E-state index contributed by atoms with van der Waals surface area (Å²) in [5.41, 5.74) is 2.44. The lowest BCUT2D eigenvalue weighted by Gasteiger charge is -2.08. The van der Waals surface area contributed by atoms with E-state index in [1.165, 1.54) is 11.8 Å². The van der Waals surface area contributed by atoms with Crippen LogP contribution in [0.2, 0.25) is 0 Å². The number of nitrogen functional groups attached to an aromatic ring is 1. The van der Waals surface area contributed by atoms with E-state index < -0.39 is 10.0 Å². The molecule has 0 saturated carbocycles. The summed E-state index contributed by atoms with van der Waals surface area (Å²) in [4.78, 5) is 8.30. The fraction of sp³-hybridized carbons (Fsp3) is 0.500. The molecule has 102 valence electrons. The number of primary sulfonamides is 1. The molecule has 10 heteroatoms. The lowest BCUT2D eigenvalue weighted by molar-refractivity contribution is 0.595. The van der Waals surface area contributed by atoms with Crippen LogP contribution in [0.5, 0.6) is 0 Å². The Balaban J connectivity index is 2.56. The molecule has 0 bridgehead atoms. The molecule has 1 heterocycles. The van der Waals surface area contributed by atoms with E-state index in [0.29, 0.717) is 29.8 Å². The average molecular weight is 292 g/mol. The normalized spacial score (nSPS) is 11.3. The van der Waals surface area contributed by atoms with Gasteiger partial charge in [-0.05, 0) is 12.7 Å². The zero-order valence-corrected chi connectivity index (χ0v) is 11.5. The number of anilines is 2. The second kappa shape index (κ2) is 6.73. The Morgan fingerprint density at radius 2 is 2.06 bits per heavy atom. The third-order valence-corrected chi connectivity index (χ3v) is 3.35. The van der Waals surface area contributed by atoms with E-state index in [1.807, 2.05) is 6.26 Å². The van der Waals surface area contributed by atoms with E-state index in [-0.39, 0.29) is 5.75 Å². The SMILES string of the molecule is CSc1nc(NN)cc(NCCCS(N)(=O)=O)n1. The largest absolute Gasteiger partial charge is 0.370 e. The summed E-state index contributed by atoms with van der Waals surface area (Å²) < 4.78 is 21.5. The van der Waals surface area contributed by atoms with E-state index in [2.05, 4.69) is 20.7 Å². The van der Waals surface area contributed by atoms with Gasteiger partial charge in [-0.2, -0.15) is 0 Å². The highest BCUT2D eigenvalue weighted by Crippen LogP contribution is 2.16. The number of sulfonamides is 1. The summed E-state index contributed by atoms with van der Waals surface area (Å²) >= 11 is 1.38. The molecule has 0 unspecified atom stereocenters. The van der Waals surface area contributed by atoms with Gasteiger partial charge in [0.05, 0.1) is 5.75 Å². The topological polar surface area (TPSA) is 136 Å². The molecule has 0 aliphatic heterocycles. The number of aromatic nitrogens is 2. The number of nitrogens with one attached hydrogen (secondary N) is 2. The Bertz CT molecular complexity index is 470. The monoisotopic (exact) mass is 292 g/mol. The number of hydrogen-bond acceptors (Lipinski definition) is 8. The zero-order valence-electron chi connectivity index (χ0n) is 9.88. The summed E-state index contributed by atoms with van der Waals surface area (Å²) in [6.07, 6.45) is 2.25. The molecular formula is C8H16N6O2S2. The summed E-state index contributed by atoms with van der Waals surface area (Å²) in [6, 6.07) is 1.64. The Labute approximate surface area is 110 Å². The third kappa shape index (κ3) is 5.49. The predicted molar refractivity (Wildman–Crippen MR) is 72.7 cm³/mol. The van der Waals surface area contributed by atoms with Crippen molar-refractivity contribution in [2.45, 2.75) is 11.6 Å². The van der Waals surface area contributed by atoms with Crippen molar-refractivity contribution in [2.24, 2.45) is 11.0 Å². The van der Waals surface area contributed by atoms with Crippen LogP contribution in [-0.4, -0.2) is 36.9 Å².